The van der Waals surface area contributed by atoms with E-state index in [1.54, 1.807) is 4.90 Å². The molecule has 3 N–H and O–H groups in total. The highest BCUT2D eigenvalue weighted by Gasteiger charge is 2.26. The lowest BCUT2D eigenvalue weighted by molar-refractivity contribution is -0.136. The zero-order valence-corrected chi connectivity index (χ0v) is 9.06. The second kappa shape index (κ2) is 4.93. The van der Waals surface area contributed by atoms with Crippen LogP contribution in [0, 0.1) is 5.92 Å². The number of nitrogens with two attached hydrogens (primary N) is 1. The molecule has 0 saturated carbocycles. The Bertz CT molecular complexity index is 288. The monoisotopic (exact) mass is 211 g/mol. The summed E-state index contributed by atoms with van der Waals surface area (Å²) >= 11 is 0. The zero-order chi connectivity index (χ0) is 11.4. The highest BCUT2D eigenvalue weighted by molar-refractivity contribution is 5.83. The summed E-state index contributed by atoms with van der Waals surface area (Å²) in [4.78, 5) is 24.4. The summed E-state index contributed by atoms with van der Waals surface area (Å²) in [5, 5.41) is 0. The van der Waals surface area contributed by atoms with E-state index >= 15 is 0 Å². The summed E-state index contributed by atoms with van der Waals surface area (Å²) in [7, 11) is 0. The van der Waals surface area contributed by atoms with Crippen molar-refractivity contribution >= 4 is 11.8 Å². The van der Waals surface area contributed by atoms with E-state index in [9.17, 15) is 9.59 Å². The van der Waals surface area contributed by atoms with Crippen molar-refractivity contribution in [1.29, 1.82) is 0 Å². The number of rotatable bonds is 3. The molecule has 5 nitrogen and oxygen atoms in total. The number of hydrazine groups is 1. The predicted octanol–water partition coefficient (Wildman–Crippen LogP) is -0.211. The molecule has 1 rings (SSSR count). The second-order valence-corrected chi connectivity index (χ2v) is 3.76. The third-order valence-electron chi connectivity index (χ3n) is 2.58. The lowest BCUT2D eigenvalue weighted by Gasteiger charge is -2.32. The summed E-state index contributed by atoms with van der Waals surface area (Å²) in [6.45, 7) is 4.19. The SMILES string of the molecule is C[C@H]1C=C[C@H](C)N(CCC(=O)NN)C1=O. The van der Waals surface area contributed by atoms with Gasteiger partial charge < -0.3 is 4.90 Å². The molecule has 0 aromatic heterocycles. The number of carbonyl (C=O) groups excluding carboxylic acids is 2. The van der Waals surface area contributed by atoms with Gasteiger partial charge in [0.15, 0.2) is 0 Å². The fraction of sp³-hybridized carbons (Fsp3) is 0.600. The smallest absolute Gasteiger partial charge is 0.235 e. The first-order valence-electron chi connectivity index (χ1n) is 5.04. The quantitative estimate of drug-likeness (QED) is 0.293. The summed E-state index contributed by atoms with van der Waals surface area (Å²) in [6, 6.07) is 0.0549. The molecule has 0 unspecified atom stereocenters. The third kappa shape index (κ3) is 2.79. The number of carbonyl (C=O) groups is 2. The van der Waals surface area contributed by atoms with E-state index in [1.165, 1.54) is 0 Å². The molecule has 0 aliphatic carbocycles. The van der Waals surface area contributed by atoms with Crippen LogP contribution in [0.1, 0.15) is 20.3 Å². The fourth-order valence-electron chi connectivity index (χ4n) is 1.58. The van der Waals surface area contributed by atoms with Gasteiger partial charge in [0.05, 0.1) is 5.92 Å². The van der Waals surface area contributed by atoms with Crippen LogP contribution in [0.4, 0.5) is 0 Å². The molecule has 0 aromatic carbocycles. The van der Waals surface area contributed by atoms with Gasteiger partial charge in [0.2, 0.25) is 11.8 Å². The Kier molecular flexibility index (Phi) is 3.85. The van der Waals surface area contributed by atoms with Crippen LogP contribution in [0.25, 0.3) is 0 Å². The van der Waals surface area contributed by atoms with Gasteiger partial charge in [0.1, 0.15) is 0 Å². The number of nitrogens with zero attached hydrogens (tertiary/aromatic N) is 1. The first-order chi connectivity index (χ1) is 7.06. The maximum absolute atomic E-state index is 11.7. The van der Waals surface area contributed by atoms with Crippen molar-refractivity contribution in [3.63, 3.8) is 0 Å². The van der Waals surface area contributed by atoms with E-state index in [1.807, 2.05) is 26.0 Å². The van der Waals surface area contributed by atoms with E-state index in [0.717, 1.165) is 0 Å². The molecule has 0 bridgehead atoms. The molecule has 84 valence electrons. The molecule has 1 aliphatic rings. The number of hydrogen-bond donors (Lipinski definition) is 2. The molecule has 2 amide bonds. The Morgan fingerprint density at radius 3 is 2.80 bits per heavy atom. The van der Waals surface area contributed by atoms with Crippen molar-refractivity contribution in [2.75, 3.05) is 6.54 Å². The minimum atomic E-state index is -0.253. The summed E-state index contributed by atoms with van der Waals surface area (Å²) < 4.78 is 0. The van der Waals surface area contributed by atoms with Crippen molar-refractivity contribution in [1.82, 2.24) is 10.3 Å². The number of nitrogens with one attached hydrogen (secondary N) is 1. The molecular formula is C10H17N3O2. The molecular weight excluding hydrogens is 194 g/mol. The van der Waals surface area contributed by atoms with Crippen molar-refractivity contribution in [2.45, 2.75) is 26.3 Å². The predicted molar refractivity (Wildman–Crippen MR) is 56.4 cm³/mol. The van der Waals surface area contributed by atoms with Gasteiger partial charge >= 0.3 is 0 Å². The highest BCUT2D eigenvalue weighted by Crippen LogP contribution is 2.16. The van der Waals surface area contributed by atoms with Gasteiger partial charge in [-0.2, -0.15) is 0 Å². The molecule has 0 radical (unpaired) electrons. The Balaban J connectivity index is 2.56. The Morgan fingerprint density at radius 2 is 2.20 bits per heavy atom. The molecule has 0 spiro atoms. The van der Waals surface area contributed by atoms with E-state index in [0.29, 0.717) is 6.54 Å². The van der Waals surface area contributed by atoms with Crippen LogP contribution in [-0.4, -0.2) is 29.3 Å². The molecule has 1 heterocycles. The van der Waals surface area contributed by atoms with Gasteiger partial charge in [-0.3, -0.25) is 15.0 Å². The Hall–Kier alpha value is -1.36. The lowest BCUT2D eigenvalue weighted by Crippen LogP contribution is -2.45. The molecule has 1 aliphatic heterocycles. The van der Waals surface area contributed by atoms with E-state index in [4.69, 9.17) is 5.84 Å². The second-order valence-electron chi connectivity index (χ2n) is 3.76. The van der Waals surface area contributed by atoms with Gasteiger partial charge in [0, 0.05) is 19.0 Å². The number of hydrogen-bond acceptors (Lipinski definition) is 3. The van der Waals surface area contributed by atoms with Crippen LogP contribution in [-0.2, 0) is 9.59 Å². The van der Waals surface area contributed by atoms with Gasteiger partial charge in [-0.1, -0.05) is 19.1 Å². The van der Waals surface area contributed by atoms with E-state index in [-0.39, 0.29) is 30.2 Å². The topological polar surface area (TPSA) is 75.4 Å². The van der Waals surface area contributed by atoms with Gasteiger partial charge in [0.25, 0.3) is 0 Å². The lowest BCUT2D eigenvalue weighted by atomic mass is 10.0. The first-order valence-corrected chi connectivity index (χ1v) is 5.04. The van der Waals surface area contributed by atoms with Crippen LogP contribution in [0.2, 0.25) is 0 Å². The molecule has 0 fully saturated rings. The number of amides is 2. The van der Waals surface area contributed by atoms with Crippen LogP contribution in [0.3, 0.4) is 0 Å². The van der Waals surface area contributed by atoms with E-state index < -0.39 is 0 Å². The summed E-state index contributed by atoms with van der Waals surface area (Å²) in [5.74, 6) is 4.68. The average Bonchev–Trinajstić information content (AvgIpc) is 2.23. The van der Waals surface area contributed by atoms with Gasteiger partial charge in [-0.05, 0) is 6.92 Å². The van der Waals surface area contributed by atoms with Crippen LogP contribution in [0.5, 0.6) is 0 Å². The molecule has 15 heavy (non-hydrogen) atoms. The van der Waals surface area contributed by atoms with Crippen LogP contribution in [0.15, 0.2) is 12.2 Å². The van der Waals surface area contributed by atoms with Crippen molar-refractivity contribution in [3.8, 4) is 0 Å². The highest BCUT2D eigenvalue weighted by atomic mass is 16.2. The maximum Gasteiger partial charge on any atom is 0.235 e. The van der Waals surface area contributed by atoms with Gasteiger partial charge in [-0.25, -0.2) is 5.84 Å². The molecule has 0 saturated heterocycles. The van der Waals surface area contributed by atoms with Crippen LogP contribution >= 0.6 is 0 Å². The summed E-state index contributed by atoms with van der Waals surface area (Å²) in [5.41, 5.74) is 2.05. The van der Waals surface area contributed by atoms with Crippen molar-refractivity contribution < 1.29 is 9.59 Å². The maximum atomic E-state index is 11.7. The standard InChI is InChI=1S/C10H17N3O2/c1-7-3-4-8(2)13(10(7)15)6-5-9(14)12-11/h3-4,7-8H,5-6,11H2,1-2H3,(H,12,14)/t7-,8-/m0/s1. The minimum absolute atomic E-state index is 0.0549. The third-order valence-corrected chi connectivity index (χ3v) is 2.58. The summed E-state index contributed by atoms with van der Waals surface area (Å²) in [6.07, 6.45) is 4.12. The fourth-order valence-corrected chi connectivity index (χ4v) is 1.58. The van der Waals surface area contributed by atoms with Crippen molar-refractivity contribution in [3.05, 3.63) is 12.2 Å². The molecule has 5 heteroatoms. The largest absolute Gasteiger partial charge is 0.336 e. The van der Waals surface area contributed by atoms with Crippen molar-refractivity contribution in [2.24, 2.45) is 11.8 Å². The van der Waals surface area contributed by atoms with E-state index in [2.05, 4.69) is 5.43 Å². The Morgan fingerprint density at radius 1 is 1.53 bits per heavy atom. The average molecular weight is 211 g/mol. The zero-order valence-electron chi connectivity index (χ0n) is 9.06. The molecule has 2 atom stereocenters. The normalized spacial score (nSPS) is 25.5. The Labute approximate surface area is 89.3 Å². The first kappa shape index (κ1) is 11.7. The minimum Gasteiger partial charge on any atom is -0.336 e. The van der Waals surface area contributed by atoms with Gasteiger partial charge in [-0.15, -0.1) is 0 Å². The van der Waals surface area contributed by atoms with Crippen LogP contribution < -0.4 is 11.3 Å². The molecule has 0 aromatic rings.